The summed E-state index contributed by atoms with van der Waals surface area (Å²) in [7, 11) is 0. The number of allylic oxidation sites excluding steroid dienone is 2. The van der Waals surface area contributed by atoms with E-state index >= 15 is 0 Å². The van der Waals surface area contributed by atoms with Gasteiger partial charge in [-0.2, -0.15) is 0 Å². The van der Waals surface area contributed by atoms with Gasteiger partial charge in [-0.3, -0.25) is 4.79 Å². The Morgan fingerprint density at radius 1 is 1.60 bits per heavy atom. The van der Waals surface area contributed by atoms with Crippen molar-refractivity contribution in [1.82, 2.24) is 0 Å². The van der Waals surface area contributed by atoms with Gasteiger partial charge in [-0.15, -0.1) is 0 Å². The van der Waals surface area contributed by atoms with E-state index in [9.17, 15) is 4.79 Å². The van der Waals surface area contributed by atoms with Crippen molar-refractivity contribution in [2.24, 2.45) is 5.92 Å². The van der Waals surface area contributed by atoms with E-state index < -0.39 is 0 Å². The van der Waals surface area contributed by atoms with E-state index in [0.717, 1.165) is 12.7 Å². The van der Waals surface area contributed by atoms with Crippen molar-refractivity contribution in [2.75, 3.05) is 0 Å². The fourth-order valence-electron chi connectivity index (χ4n) is 0.878. The van der Waals surface area contributed by atoms with Crippen LogP contribution in [0.25, 0.3) is 0 Å². The zero-order valence-corrected chi connectivity index (χ0v) is 7.05. The summed E-state index contributed by atoms with van der Waals surface area (Å²) in [6, 6.07) is 0. The van der Waals surface area contributed by atoms with E-state index in [2.05, 4.69) is 13.8 Å². The Labute approximate surface area is 63.1 Å². The van der Waals surface area contributed by atoms with Gasteiger partial charge in [-0.05, 0) is 25.3 Å². The molecule has 58 valence electrons. The van der Waals surface area contributed by atoms with Crippen LogP contribution in [-0.4, -0.2) is 6.29 Å². The second-order valence-electron chi connectivity index (χ2n) is 2.87. The minimum absolute atomic E-state index is 0.705. The molecule has 0 amide bonds. The molecule has 0 saturated carbocycles. The van der Waals surface area contributed by atoms with Gasteiger partial charge >= 0.3 is 0 Å². The Bertz CT molecular complexity index is 125. The third-order valence-corrected chi connectivity index (χ3v) is 1.72. The summed E-state index contributed by atoms with van der Waals surface area (Å²) in [5.41, 5.74) is 1.18. The topological polar surface area (TPSA) is 17.1 Å². The van der Waals surface area contributed by atoms with E-state index in [1.54, 1.807) is 6.08 Å². The van der Waals surface area contributed by atoms with Crippen molar-refractivity contribution in [3.05, 3.63) is 11.6 Å². The second-order valence-corrected chi connectivity index (χ2v) is 2.87. The molecule has 0 aromatic rings. The molecule has 0 spiro atoms. The van der Waals surface area contributed by atoms with Gasteiger partial charge in [-0.25, -0.2) is 0 Å². The van der Waals surface area contributed by atoms with Gasteiger partial charge in [0.2, 0.25) is 0 Å². The van der Waals surface area contributed by atoms with Crippen LogP contribution in [0.5, 0.6) is 0 Å². The number of carbonyl (C=O) groups excluding carboxylic acids is 1. The Hall–Kier alpha value is -0.590. The predicted octanol–water partition coefficient (Wildman–Crippen LogP) is 2.57. The number of rotatable bonds is 4. The van der Waals surface area contributed by atoms with Gasteiger partial charge in [0, 0.05) is 0 Å². The molecule has 0 fully saturated rings. The summed E-state index contributed by atoms with van der Waals surface area (Å²) in [5.74, 6) is 0.705. The lowest BCUT2D eigenvalue weighted by molar-refractivity contribution is -0.104. The minimum Gasteiger partial charge on any atom is -0.299 e. The molecule has 1 nitrogen and oxygen atoms in total. The van der Waals surface area contributed by atoms with Crippen LogP contribution < -0.4 is 0 Å². The molecule has 1 atom stereocenters. The lowest BCUT2D eigenvalue weighted by Crippen LogP contribution is -1.92. The van der Waals surface area contributed by atoms with Crippen LogP contribution in [0.3, 0.4) is 0 Å². The smallest absolute Gasteiger partial charge is 0.142 e. The summed E-state index contributed by atoms with van der Waals surface area (Å²) in [4.78, 5) is 10.0. The first-order chi connectivity index (χ1) is 4.70. The highest BCUT2D eigenvalue weighted by Gasteiger charge is 1.98. The quantitative estimate of drug-likeness (QED) is 0.433. The zero-order chi connectivity index (χ0) is 7.98. The van der Waals surface area contributed by atoms with Crippen LogP contribution in [0.15, 0.2) is 11.6 Å². The number of hydrogen-bond donors (Lipinski definition) is 0. The standard InChI is InChI=1S/C9H16O/c1-4-8(2)7-9(3)5-6-10/h5-6,8H,4,7H2,1-3H3. The van der Waals surface area contributed by atoms with Gasteiger partial charge in [-0.1, -0.05) is 25.8 Å². The molecule has 0 bridgehead atoms. The Kier molecular flexibility index (Phi) is 4.91. The van der Waals surface area contributed by atoms with E-state index in [1.165, 1.54) is 12.0 Å². The molecule has 0 aliphatic heterocycles. The van der Waals surface area contributed by atoms with Crippen LogP contribution >= 0.6 is 0 Å². The van der Waals surface area contributed by atoms with Crippen molar-refractivity contribution in [1.29, 1.82) is 0 Å². The molecule has 0 N–H and O–H groups in total. The first-order valence-corrected chi connectivity index (χ1v) is 3.81. The van der Waals surface area contributed by atoms with Crippen molar-refractivity contribution in [2.45, 2.75) is 33.6 Å². The second kappa shape index (κ2) is 5.21. The molecule has 0 rings (SSSR count). The van der Waals surface area contributed by atoms with Crippen LogP contribution in [0, 0.1) is 5.92 Å². The highest BCUT2D eigenvalue weighted by Crippen LogP contribution is 2.12. The molecule has 0 aliphatic rings. The van der Waals surface area contributed by atoms with Crippen LogP contribution in [0.2, 0.25) is 0 Å². The van der Waals surface area contributed by atoms with E-state index in [0.29, 0.717) is 5.92 Å². The van der Waals surface area contributed by atoms with Crippen molar-refractivity contribution >= 4 is 6.29 Å². The first-order valence-electron chi connectivity index (χ1n) is 3.81. The molecule has 1 unspecified atom stereocenters. The molecule has 0 aromatic heterocycles. The van der Waals surface area contributed by atoms with Crippen LogP contribution in [0.1, 0.15) is 33.6 Å². The molecule has 0 aliphatic carbocycles. The summed E-state index contributed by atoms with van der Waals surface area (Å²) in [6.07, 6.45) is 4.74. The third kappa shape index (κ3) is 4.30. The van der Waals surface area contributed by atoms with Gasteiger partial charge in [0.25, 0.3) is 0 Å². The zero-order valence-electron chi connectivity index (χ0n) is 7.05. The maximum atomic E-state index is 10.0. The summed E-state index contributed by atoms with van der Waals surface area (Å²) < 4.78 is 0. The molecule has 0 saturated heterocycles. The van der Waals surface area contributed by atoms with Gasteiger partial charge in [0.15, 0.2) is 0 Å². The molecule has 10 heavy (non-hydrogen) atoms. The van der Waals surface area contributed by atoms with Crippen molar-refractivity contribution in [3.63, 3.8) is 0 Å². The van der Waals surface area contributed by atoms with Crippen LogP contribution in [-0.2, 0) is 4.79 Å². The lowest BCUT2D eigenvalue weighted by Gasteiger charge is -2.06. The van der Waals surface area contributed by atoms with E-state index in [4.69, 9.17) is 0 Å². The fraction of sp³-hybridized carbons (Fsp3) is 0.667. The van der Waals surface area contributed by atoms with Crippen molar-refractivity contribution in [3.8, 4) is 0 Å². The average Bonchev–Trinajstić information content (AvgIpc) is 1.88. The van der Waals surface area contributed by atoms with Crippen LogP contribution in [0.4, 0.5) is 0 Å². The predicted molar refractivity (Wildman–Crippen MR) is 43.9 cm³/mol. The molecular formula is C9H16O. The Morgan fingerprint density at radius 2 is 2.20 bits per heavy atom. The maximum absolute atomic E-state index is 10.0. The molecule has 1 heteroatoms. The SMILES string of the molecule is CCC(C)CC(C)=CC=O. The molecule has 0 heterocycles. The monoisotopic (exact) mass is 140 g/mol. The first kappa shape index (κ1) is 9.41. The number of hydrogen-bond acceptors (Lipinski definition) is 1. The fourth-order valence-corrected chi connectivity index (χ4v) is 0.878. The molecule has 0 aromatic carbocycles. The largest absolute Gasteiger partial charge is 0.299 e. The molecule has 0 radical (unpaired) electrons. The highest BCUT2D eigenvalue weighted by atomic mass is 16.1. The average molecular weight is 140 g/mol. The number of carbonyl (C=O) groups is 1. The van der Waals surface area contributed by atoms with Gasteiger partial charge in [0.1, 0.15) is 6.29 Å². The van der Waals surface area contributed by atoms with Gasteiger partial charge in [0.05, 0.1) is 0 Å². The van der Waals surface area contributed by atoms with Gasteiger partial charge < -0.3 is 0 Å². The maximum Gasteiger partial charge on any atom is 0.142 e. The molecular weight excluding hydrogens is 124 g/mol. The minimum atomic E-state index is 0.705. The summed E-state index contributed by atoms with van der Waals surface area (Å²) in [6.45, 7) is 6.36. The summed E-state index contributed by atoms with van der Waals surface area (Å²) in [5, 5.41) is 0. The Balaban J connectivity index is 3.66. The normalized spacial score (nSPS) is 14.9. The van der Waals surface area contributed by atoms with Crippen molar-refractivity contribution < 1.29 is 4.79 Å². The third-order valence-electron chi connectivity index (χ3n) is 1.72. The lowest BCUT2D eigenvalue weighted by atomic mass is 10.00. The Morgan fingerprint density at radius 3 is 2.60 bits per heavy atom. The van der Waals surface area contributed by atoms with E-state index in [-0.39, 0.29) is 0 Å². The van der Waals surface area contributed by atoms with E-state index in [1.807, 2.05) is 6.92 Å². The highest BCUT2D eigenvalue weighted by molar-refractivity contribution is 5.65. The number of aldehydes is 1. The summed E-state index contributed by atoms with van der Waals surface area (Å²) >= 11 is 0.